The van der Waals surface area contributed by atoms with E-state index < -0.39 is 0 Å². The number of ether oxygens (including phenoxy) is 1. The third-order valence-electron chi connectivity index (χ3n) is 2.38. The average molecular weight is 201 g/mol. The minimum Gasteiger partial charge on any atom is -0.496 e. The number of carbonyl (C=O) groups excluding carboxylic acids is 1. The van der Waals surface area contributed by atoms with Gasteiger partial charge in [-0.1, -0.05) is 0 Å². The monoisotopic (exact) mass is 201 g/mol. The molecule has 2 rings (SSSR count). The molecule has 2 aromatic rings. The number of hydrogen-bond donors (Lipinski definition) is 0. The van der Waals surface area contributed by atoms with Gasteiger partial charge in [-0.05, 0) is 25.1 Å². The highest BCUT2D eigenvalue weighted by atomic mass is 16.5. The van der Waals surface area contributed by atoms with Crippen molar-refractivity contribution >= 4 is 16.6 Å². The lowest BCUT2D eigenvalue weighted by molar-refractivity contribution is 0.101. The van der Waals surface area contributed by atoms with Crippen LogP contribution < -0.4 is 4.74 Å². The zero-order valence-electron chi connectivity index (χ0n) is 8.65. The molecule has 1 heterocycles. The molecule has 0 fully saturated rings. The summed E-state index contributed by atoms with van der Waals surface area (Å²) in [6, 6.07) is 5.42. The smallest absolute Gasteiger partial charge is 0.160 e. The summed E-state index contributed by atoms with van der Waals surface area (Å²) >= 11 is 0. The van der Waals surface area contributed by atoms with Gasteiger partial charge in [-0.15, -0.1) is 0 Å². The lowest BCUT2D eigenvalue weighted by Gasteiger charge is -2.07. The number of fused-ring (bicyclic) bond motifs is 1. The number of carbonyl (C=O) groups is 1. The van der Waals surface area contributed by atoms with Crippen molar-refractivity contribution in [3.8, 4) is 5.75 Å². The van der Waals surface area contributed by atoms with Gasteiger partial charge in [0, 0.05) is 28.7 Å². The number of nitrogens with zero attached hydrogens (tertiary/aromatic N) is 1. The van der Waals surface area contributed by atoms with E-state index in [0.717, 1.165) is 16.5 Å². The Morgan fingerprint density at radius 3 is 2.73 bits per heavy atom. The second kappa shape index (κ2) is 3.69. The number of methoxy groups -OCH3 is 1. The van der Waals surface area contributed by atoms with Crippen molar-refractivity contribution < 1.29 is 9.53 Å². The molecule has 3 heteroatoms. The molecule has 76 valence electrons. The maximum absolute atomic E-state index is 11.4. The first-order chi connectivity index (χ1) is 7.24. The van der Waals surface area contributed by atoms with Gasteiger partial charge in [0.25, 0.3) is 0 Å². The number of aromatic nitrogens is 1. The van der Waals surface area contributed by atoms with Crippen LogP contribution >= 0.6 is 0 Å². The Hall–Kier alpha value is -1.90. The molecule has 0 saturated heterocycles. The van der Waals surface area contributed by atoms with Gasteiger partial charge in [-0.25, -0.2) is 0 Å². The van der Waals surface area contributed by atoms with E-state index in [-0.39, 0.29) is 5.78 Å². The maximum Gasteiger partial charge on any atom is 0.160 e. The van der Waals surface area contributed by atoms with Crippen LogP contribution in [0.1, 0.15) is 17.3 Å². The lowest BCUT2D eigenvalue weighted by atomic mass is 10.0. The molecule has 0 aliphatic carbocycles. The predicted octanol–water partition coefficient (Wildman–Crippen LogP) is 2.45. The minimum atomic E-state index is 0.0376. The second-order valence-electron chi connectivity index (χ2n) is 3.29. The van der Waals surface area contributed by atoms with E-state index in [4.69, 9.17) is 4.74 Å². The maximum atomic E-state index is 11.4. The van der Waals surface area contributed by atoms with Crippen LogP contribution in [-0.2, 0) is 0 Å². The normalized spacial score (nSPS) is 10.3. The number of pyridine rings is 1. The molecule has 0 radical (unpaired) electrons. The minimum absolute atomic E-state index is 0.0376. The number of benzene rings is 1. The van der Waals surface area contributed by atoms with Crippen molar-refractivity contribution in [3.63, 3.8) is 0 Å². The van der Waals surface area contributed by atoms with E-state index in [0.29, 0.717) is 5.56 Å². The Kier molecular flexibility index (Phi) is 2.37. The zero-order chi connectivity index (χ0) is 10.8. The summed E-state index contributed by atoms with van der Waals surface area (Å²) in [4.78, 5) is 15.4. The van der Waals surface area contributed by atoms with Crippen LogP contribution in [0.3, 0.4) is 0 Å². The highest BCUT2D eigenvalue weighted by Gasteiger charge is 2.08. The average Bonchev–Trinajstić information content (AvgIpc) is 2.27. The number of Topliss-reactive ketones (excluding diaryl/α,β-unsaturated/α-hetero) is 1. The Morgan fingerprint density at radius 1 is 1.27 bits per heavy atom. The van der Waals surface area contributed by atoms with Crippen LogP contribution in [0.15, 0.2) is 30.6 Å². The van der Waals surface area contributed by atoms with Gasteiger partial charge in [0.2, 0.25) is 0 Å². The highest BCUT2D eigenvalue weighted by molar-refractivity contribution is 6.08. The summed E-state index contributed by atoms with van der Waals surface area (Å²) in [7, 11) is 1.61. The summed E-state index contributed by atoms with van der Waals surface area (Å²) < 4.78 is 5.22. The van der Waals surface area contributed by atoms with Gasteiger partial charge >= 0.3 is 0 Å². The third-order valence-corrected chi connectivity index (χ3v) is 2.38. The Morgan fingerprint density at radius 2 is 2.07 bits per heavy atom. The number of ketones is 1. The second-order valence-corrected chi connectivity index (χ2v) is 3.29. The van der Waals surface area contributed by atoms with E-state index in [2.05, 4.69) is 4.98 Å². The van der Waals surface area contributed by atoms with Crippen molar-refractivity contribution in [3.05, 3.63) is 36.2 Å². The molecule has 1 aromatic carbocycles. The van der Waals surface area contributed by atoms with Crippen LogP contribution in [0.2, 0.25) is 0 Å². The van der Waals surface area contributed by atoms with Crippen LogP contribution in [0.5, 0.6) is 5.75 Å². The van der Waals surface area contributed by atoms with E-state index in [1.54, 1.807) is 38.6 Å². The number of hydrogen-bond acceptors (Lipinski definition) is 3. The number of rotatable bonds is 2. The molecule has 0 saturated carbocycles. The van der Waals surface area contributed by atoms with E-state index >= 15 is 0 Å². The van der Waals surface area contributed by atoms with Crippen molar-refractivity contribution in [2.75, 3.05) is 7.11 Å². The molecule has 0 aliphatic heterocycles. The summed E-state index contributed by atoms with van der Waals surface area (Å²) in [5, 5.41) is 1.75. The predicted molar refractivity (Wildman–Crippen MR) is 58.3 cm³/mol. The molecule has 0 spiro atoms. The van der Waals surface area contributed by atoms with Gasteiger partial charge in [0.15, 0.2) is 5.78 Å². The van der Waals surface area contributed by atoms with E-state index in [9.17, 15) is 4.79 Å². The molecule has 0 atom stereocenters. The molecule has 0 aliphatic rings. The van der Waals surface area contributed by atoms with Crippen molar-refractivity contribution in [1.29, 1.82) is 0 Å². The standard InChI is InChI=1S/C12H11NO2/c1-8(14)9-3-4-12(15-2)10-5-6-13-7-11(9)10/h3-7H,1-2H3. The summed E-state index contributed by atoms with van der Waals surface area (Å²) in [5.74, 6) is 0.799. The lowest BCUT2D eigenvalue weighted by Crippen LogP contribution is -1.95. The Labute approximate surface area is 87.7 Å². The molecular formula is C12H11NO2. The Balaban J connectivity index is 2.83. The fourth-order valence-corrected chi connectivity index (χ4v) is 1.65. The van der Waals surface area contributed by atoms with Crippen LogP contribution in [0.25, 0.3) is 10.8 Å². The van der Waals surface area contributed by atoms with Gasteiger partial charge in [0.05, 0.1) is 7.11 Å². The quantitative estimate of drug-likeness (QED) is 0.700. The summed E-state index contributed by atoms with van der Waals surface area (Å²) in [5.41, 5.74) is 0.680. The molecule has 0 bridgehead atoms. The molecule has 3 nitrogen and oxygen atoms in total. The van der Waals surface area contributed by atoms with Crippen LogP contribution in [0, 0.1) is 0 Å². The van der Waals surface area contributed by atoms with Gasteiger partial charge in [0.1, 0.15) is 5.75 Å². The van der Waals surface area contributed by atoms with Crippen molar-refractivity contribution in [1.82, 2.24) is 4.98 Å². The summed E-state index contributed by atoms with van der Waals surface area (Å²) in [6.45, 7) is 1.55. The molecule has 1 aromatic heterocycles. The van der Waals surface area contributed by atoms with Crippen molar-refractivity contribution in [2.24, 2.45) is 0 Å². The largest absolute Gasteiger partial charge is 0.496 e. The van der Waals surface area contributed by atoms with Gasteiger partial charge in [-0.3, -0.25) is 9.78 Å². The fourth-order valence-electron chi connectivity index (χ4n) is 1.65. The first-order valence-corrected chi connectivity index (χ1v) is 4.65. The van der Waals surface area contributed by atoms with Crippen molar-refractivity contribution in [2.45, 2.75) is 6.92 Å². The molecular weight excluding hydrogens is 190 g/mol. The molecule has 15 heavy (non-hydrogen) atoms. The molecule has 0 N–H and O–H groups in total. The van der Waals surface area contributed by atoms with Crippen LogP contribution in [0.4, 0.5) is 0 Å². The first kappa shape index (κ1) is 9.65. The Bertz CT molecular complexity index is 520. The third kappa shape index (κ3) is 1.56. The SMILES string of the molecule is COc1ccc(C(C)=O)c2cnccc12. The first-order valence-electron chi connectivity index (χ1n) is 4.65. The molecule has 0 unspecified atom stereocenters. The van der Waals surface area contributed by atoms with E-state index in [1.807, 2.05) is 6.07 Å². The van der Waals surface area contributed by atoms with Crippen LogP contribution in [-0.4, -0.2) is 17.9 Å². The van der Waals surface area contributed by atoms with Gasteiger partial charge < -0.3 is 4.74 Å². The van der Waals surface area contributed by atoms with Gasteiger partial charge in [-0.2, -0.15) is 0 Å². The topological polar surface area (TPSA) is 39.2 Å². The van der Waals surface area contributed by atoms with E-state index in [1.165, 1.54) is 0 Å². The molecule has 0 amide bonds. The fraction of sp³-hybridized carbons (Fsp3) is 0.167. The zero-order valence-corrected chi connectivity index (χ0v) is 8.65. The highest BCUT2D eigenvalue weighted by Crippen LogP contribution is 2.27. The summed E-state index contributed by atoms with van der Waals surface area (Å²) in [6.07, 6.45) is 3.38.